The van der Waals surface area contributed by atoms with Gasteiger partial charge in [0.05, 0.1) is 18.2 Å². The smallest absolute Gasteiger partial charge is 0.308 e. The van der Waals surface area contributed by atoms with Gasteiger partial charge in [0, 0.05) is 19.0 Å². The Morgan fingerprint density at radius 1 is 1.25 bits per heavy atom. The maximum absolute atomic E-state index is 12.5. The normalized spacial score (nSPS) is 12.5. The van der Waals surface area contributed by atoms with Gasteiger partial charge >= 0.3 is 5.97 Å². The van der Waals surface area contributed by atoms with Gasteiger partial charge in [0.2, 0.25) is 0 Å². The summed E-state index contributed by atoms with van der Waals surface area (Å²) >= 11 is 0. The van der Waals surface area contributed by atoms with Crippen LogP contribution in [0.4, 0.5) is 0 Å². The van der Waals surface area contributed by atoms with E-state index in [1.807, 2.05) is 52.0 Å². The van der Waals surface area contributed by atoms with E-state index in [-0.39, 0.29) is 17.9 Å². The number of aromatic nitrogens is 2. The summed E-state index contributed by atoms with van der Waals surface area (Å²) < 4.78 is 6.92. The number of carboxylic acid groups (broad SMARTS) is 1. The molecule has 2 N–H and O–H groups in total. The highest BCUT2D eigenvalue weighted by Crippen LogP contribution is 2.21. The zero-order valence-electron chi connectivity index (χ0n) is 17.2. The van der Waals surface area contributed by atoms with Crippen molar-refractivity contribution < 1.29 is 19.4 Å². The zero-order valence-corrected chi connectivity index (χ0v) is 17.2. The van der Waals surface area contributed by atoms with Crippen LogP contribution in [0.25, 0.3) is 0 Å². The first-order valence-corrected chi connectivity index (χ1v) is 9.39. The lowest BCUT2D eigenvalue weighted by molar-refractivity contribution is -0.141. The molecule has 0 aliphatic carbocycles. The number of carbonyl (C=O) groups excluding carboxylic acids is 1. The third-order valence-corrected chi connectivity index (χ3v) is 4.46. The highest BCUT2D eigenvalue weighted by Gasteiger charge is 2.23. The van der Waals surface area contributed by atoms with Crippen LogP contribution in [0, 0.1) is 5.92 Å². The fraction of sp³-hybridized carbons (Fsp3) is 0.476. The number of nitrogens with one attached hydrogen (secondary N) is 1. The standard InChI is InChI=1S/C21H29N3O4/c1-6-28-16-9-7-14(8-10-16)11-15(20(26)27)13-22-19(25)17-12-18(21(2,3)4)23-24(17)5/h7-10,12,15H,6,11,13H2,1-5H3,(H,22,25)(H,26,27). The van der Waals surface area contributed by atoms with Crippen molar-refractivity contribution in [2.24, 2.45) is 13.0 Å². The van der Waals surface area contributed by atoms with E-state index in [4.69, 9.17) is 4.74 Å². The van der Waals surface area contributed by atoms with Gasteiger partial charge in [-0.25, -0.2) is 0 Å². The van der Waals surface area contributed by atoms with Crippen molar-refractivity contribution in [3.8, 4) is 5.75 Å². The second-order valence-electron chi connectivity index (χ2n) is 7.81. The SMILES string of the molecule is CCOc1ccc(CC(CNC(=O)c2cc(C(C)(C)C)nn2C)C(=O)O)cc1. The van der Waals surface area contributed by atoms with Gasteiger partial charge in [0.25, 0.3) is 5.91 Å². The van der Waals surface area contributed by atoms with Gasteiger partial charge < -0.3 is 15.2 Å². The molecule has 1 atom stereocenters. The number of nitrogens with zero attached hydrogens (tertiary/aromatic N) is 2. The quantitative estimate of drug-likeness (QED) is 0.726. The molecule has 1 aromatic heterocycles. The number of carboxylic acids is 1. The second kappa shape index (κ2) is 8.91. The van der Waals surface area contributed by atoms with Crippen molar-refractivity contribution in [3.63, 3.8) is 0 Å². The third-order valence-electron chi connectivity index (χ3n) is 4.46. The molecule has 2 aromatic rings. The Labute approximate surface area is 165 Å². The van der Waals surface area contributed by atoms with Gasteiger partial charge in [-0.3, -0.25) is 14.3 Å². The van der Waals surface area contributed by atoms with Crippen molar-refractivity contribution in [2.45, 2.75) is 39.5 Å². The first kappa shape index (κ1) is 21.5. The number of amides is 1. The van der Waals surface area contributed by atoms with E-state index in [9.17, 15) is 14.7 Å². The van der Waals surface area contributed by atoms with Crippen LogP contribution in [0.5, 0.6) is 5.75 Å². The lowest BCUT2D eigenvalue weighted by Gasteiger charge is -2.14. The minimum atomic E-state index is -0.949. The molecule has 0 radical (unpaired) electrons. The van der Waals surface area contributed by atoms with Crippen LogP contribution in [0.15, 0.2) is 30.3 Å². The minimum Gasteiger partial charge on any atom is -0.494 e. The molecular weight excluding hydrogens is 358 g/mol. The van der Waals surface area contributed by atoms with Crippen LogP contribution < -0.4 is 10.1 Å². The first-order chi connectivity index (χ1) is 13.1. The molecule has 0 saturated heterocycles. The second-order valence-corrected chi connectivity index (χ2v) is 7.81. The van der Waals surface area contributed by atoms with E-state index in [0.717, 1.165) is 17.0 Å². The summed E-state index contributed by atoms with van der Waals surface area (Å²) in [5.74, 6) is -1.26. The summed E-state index contributed by atoms with van der Waals surface area (Å²) in [4.78, 5) is 24.2. The van der Waals surface area contributed by atoms with Crippen molar-refractivity contribution in [1.29, 1.82) is 0 Å². The monoisotopic (exact) mass is 387 g/mol. The van der Waals surface area contributed by atoms with Crippen LogP contribution >= 0.6 is 0 Å². The van der Waals surface area contributed by atoms with Gasteiger partial charge in [-0.2, -0.15) is 5.10 Å². The Morgan fingerprint density at radius 3 is 2.39 bits per heavy atom. The van der Waals surface area contributed by atoms with Crippen LogP contribution in [0.2, 0.25) is 0 Å². The van der Waals surface area contributed by atoms with E-state index in [0.29, 0.717) is 18.7 Å². The van der Waals surface area contributed by atoms with Gasteiger partial charge in [0.15, 0.2) is 0 Å². The summed E-state index contributed by atoms with van der Waals surface area (Å²) in [7, 11) is 1.71. The number of aryl methyl sites for hydroxylation is 1. The topological polar surface area (TPSA) is 93.5 Å². The number of aliphatic carboxylic acids is 1. The molecule has 0 bridgehead atoms. The Bertz CT molecular complexity index is 819. The highest BCUT2D eigenvalue weighted by atomic mass is 16.5. The van der Waals surface area contributed by atoms with Gasteiger partial charge in [-0.05, 0) is 37.1 Å². The molecule has 1 aromatic carbocycles. The number of hydrogen-bond acceptors (Lipinski definition) is 4. The lowest BCUT2D eigenvalue weighted by Crippen LogP contribution is -2.35. The summed E-state index contributed by atoms with van der Waals surface area (Å²) in [6, 6.07) is 9.08. The van der Waals surface area contributed by atoms with Gasteiger partial charge in [-0.1, -0.05) is 32.9 Å². The predicted octanol–water partition coefficient (Wildman–Crippen LogP) is 2.79. The third kappa shape index (κ3) is 5.58. The number of rotatable bonds is 8. The average molecular weight is 387 g/mol. The van der Waals surface area contributed by atoms with Crippen LogP contribution in [-0.2, 0) is 23.7 Å². The van der Waals surface area contributed by atoms with Crippen molar-refractivity contribution in [2.75, 3.05) is 13.2 Å². The fourth-order valence-corrected chi connectivity index (χ4v) is 2.77. The maximum atomic E-state index is 12.5. The molecule has 28 heavy (non-hydrogen) atoms. The molecule has 0 saturated carbocycles. The molecule has 0 spiro atoms. The van der Waals surface area contributed by atoms with Crippen LogP contribution in [-0.4, -0.2) is 39.9 Å². The molecule has 7 nitrogen and oxygen atoms in total. The molecule has 1 unspecified atom stereocenters. The molecule has 1 heterocycles. The van der Waals surface area contributed by atoms with Crippen LogP contribution in [0.3, 0.4) is 0 Å². The number of hydrogen-bond donors (Lipinski definition) is 2. The molecule has 2 rings (SSSR count). The predicted molar refractivity (Wildman–Crippen MR) is 107 cm³/mol. The number of benzene rings is 1. The van der Waals surface area contributed by atoms with Gasteiger partial charge in [0.1, 0.15) is 11.4 Å². The summed E-state index contributed by atoms with van der Waals surface area (Å²) in [6.07, 6.45) is 0.320. The van der Waals surface area contributed by atoms with E-state index < -0.39 is 11.9 Å². The zero-order chi connectivity index (χ0) is 20.9. The summed E-state index contributed by atoms with van der Waals surface area (Å²) in [6.45, 7) is 8.59. The molecule has 152 valence electrons. The van der Waals surface area contributed by atoms with Crippen LogP contribution in [0.1, 0.15) is 49.4 Å². The fourth-order valence-electron chi connectivity index (χ4n) is 2.77. The largest absolute Gasteiger partial charge is 0.494 e. The molecular formula is C21H29N3O4. The van der Waals surface area contributed by atoms with Crippen molar-refractivity contribution in [3.05, 3.63) is 47.3 Å². The molecule has 1 amide bonds. The molecule has 0 fully saturated rings. The Kier molecular flexibility index (Phi) is 6.83. The average Bonchev–Trinajstić information content (AvgIpc) is 3.02. The molecule has 0 aliphatic rings. The number of carbonyl (C=O) groups is 2. The first-order valence-electron chi connectivity index (χ1n) is 9.39. The van der Waals surface area contributed by atoms with Crippen molar-refractivity contribution in [1.82, 2.24) is 15.1 Å². The summed E-state index contributed by atoms with van der Waals surface area (Å²) in [5, 5.41) is 16.6. The number of ether oxygens (including phenoxy) is 1. The Hall–Kier alpha value is -2.83. The van der Waals surface area contributed by atoms with E-state index in [2.05, 4.69) is 10.4 Å². The highest BCUT2D eigenvalue weighted by molar-refractivity contribution is 5.93. The molecule has 7 heteroatoms. The van der Waals surface area contributed by atoms with E-state index in [1.54, 1.807) is 13.1 Å². The van der Waals surface area contributed by atoms with E-state index in [1.165, 1.54) is 4.68 Å². The Morgan fingerprint density at radius 2 is 1.89 bits per heavy atom. The molecule has 0 aliphatic heterocycles. The minimum absolute atomic E-state index is 0.0391. The summed E-state index contributed by atoms with van der Waals surface area (Å²) in [5.41, 5.74) is 1.92. The van der Waals surface area contributed by atoms with Gasteiger partial charge in [-0.15, -0.1) is 0 Å². The Balaban J connectivity index is 2.02. The maximum Gasteiger partial charge on any atom is 0.308 e. The van der Waals surface area contributed by atoms with Crippen molar-refractivity contribution >= 4 is 11.9 Å². The van der Waals surface area contributed by atoms with E-state index >= 15 is 0 Å². The lowest BCUT2D eigenvalue weighted by atomic mass is 9.92.